The highest BCUT2D eigenvalue weighted by Crippen LogP contribution is 2.36. The van der Waals surface area contributed by atoms with Crippen LogP contribution in [0.3, 0.4) is 0 Å². The Kier molecular flexibility index (Phi) is 29.0. The number of piperidine rings is 3. The molecule has 29 nitrogen and oxygen atoms in total. The number of likely N-dealkylation sites (N-methyl/N-ethyl adjacent to an activating group) is 1. The van der Waals surface area contributed by atoms with E-state index >= 15 is 0 Å². The molecule has 3 N–H and O–H groups in total. The number of fused-ring (bicyclic) bond motifs is 7. The van der Waals surface area contributed by atoms with Crippen LogP contribution in [-0.2, 0) is 0 Å². The molecular formula is C111H120F3N19O10. The normalized spacial score (nSPS) is 16.4. The van der Waals surface area contributed by atoms with Gasteiger partial charge in [-0.15, -0.1) is 0 Å². The molecule has 0 bridgehead atoms. The molecule has 0 amide bonds. The fourth-order valence-electron chi connectivity index (χ4n) is 19.7. The number of benzene rings is 5. The number of oxazole rings is 2. The zero-order valence-corrected chi connectivity index (χ0v) is 83.1. The highest BCUT2D eigenvalue weighted by atomic mass is 19.1. The SMILES string of the molecule is COc1ccc(-c2cc(=O)n3cc(C4CCN(C)CC4)cc(C)c3n2)cc1F.COc1ccc(-c2cc(=O)n3cc(N4CCC(N(C)C)CC4)cc(C)c3n2)cc1F.COc1ccc(-c2cc(=O)n3cc(N4CCN[C@@H](C)C4)cc(C)c3n2)cc1F.Cc1nc2ccc(-c3cc(=O)n4cc(N5CCC(N)CC5)ccc4c3)cc2o1.Cc1nc2ccc(-c3cc(=O)n4cc(N5CCN(C)[C@@H](C)C5)ccc4c3)cc2o1. The lowest BCUT2D eigenvalue weighted by Gasteiger charge is -2.39. The van der Waals surface area contributed by atoms with Gasteiger partial charge in [-0.1, -0.05) is 18.2 Å². The predicted molar refractivity (Wildman–Crippen MR) is 559 cm³/mol. The number of likely N-dealkylation sites (tertiary alicyclic amines) is 1. The fourth-order valence-corrected chi connectivity index (χ4v) is 19.7. The first-order valence-corrected chi connectivity index (χ1v) is 48.6. The number of aryl methyl sites for hydroxylation is 5. The molecule has 740 valence electrons. The number of nitrogens with one attached hydrogen (secondary N) is 1. The van der Waals surface area contributed by atoms with Crippen LogP contribution >= 0.6 is 0 Å². The molecule has 0 unspecified atom stereocenters. The molecule has 5 aromatic carbocycles. The Bertz CT molecular complexity index is 7970. The van der Waals surface area contributed by atoms with Crippen LogP contribution < -0.4 is 72.7 Å². The number of piperazine rings is 2. The van der Waals surface area contributed by atoms with Crippen molar-refractivity contribution in [2.24, 2.45) is 5.73 Å². The molecule has 0 radical (unpaired) electrons. The Morgan fingerprint density at radius 3 is 1.24 bits per heavy atom. The minimum absolute atomic E-state index is 0.0321. The summed E-state index contributed by atoms with van der Waals surface area (Å²) in [7, 11) is 12.8. The van der Waals surface area contributed by atoms with Crippen molar-refractivity contribution in [2.75, 3.05) is 148 Å². The summed E-state index contributed by atoms with van der Waals surface area (Å²) in [6, 6.07) is 53.5. The van der Waals surface area contributed by atoms with Gasteiger partial charge in [0.2, 0.25) is 0 Å². The van der Waals surface area contributed by atoms with Gasteiger partial charge in [0.05, 0.1) is 61.2 Å². The summed E-state index contributed by atoms with van der Waals surface area (Å²) in [6.07, 6.45) is 15.9. The number of hydrogen-bond acceptors (Lipinski definition) is 24. The number of halogens is 3. The Labute approximate surface area is 825 Å². The molecule has 32 heteroatoms. The largest absolute Gasteiger partial charge is 0.494 e. The molecular weight excluding hydrogens is 1820 g/mol. The van der Waals surface area contributed by atoms with Crippen molar-refractivity contribution in [2.45, 2.75) is 117 Å². The highest BCUT2D eigenvalue weighted by Gasteiger charge is 2.28. The molecule has 17 aromatic rings. The molecule has 0 saturated carbocycles. The second-order valence-corrected chi connectivity index (χ2v) is 38.3. The van der Waals surface area contributed by atoms with E-state index < -0.39 is 17.5 Å². The smallest absolute Gasteiger partial charge is 0.258 e. The number of pyridine rings is 7. The molecule has 12 aromatic heterocycles. The number of aromatic nitrogens is 10. The van der Waals surface area contributed by atoms with Crippen LogP contribution in [-0.4, -0.2) is 214 Å². The second-order valence-electron chi connectivity index (χ2n) is 38.3. The summed E-state index contributed by atoms with van der Waals surface area (Å²) in [5.41, 5.74) is 26.8. The van der Waals surface area contributed by atoms with Gasteiger partial charge in [-0.3, -0.25) is 46.0 Å². The van der Waals surface area contributed by atoms with Crippen molar-refractivity contribution in [1.29, 1.82) is 0 Å². The first-order chi connectivity index (χ1) is 68.8. The minimum atomic E-state index is -0.484. The first-order valence-electron chi connectivity index (χ1n) is 48.6. The number of nitrogens with zero attached hydrogens (tertiary/aromatic N) is 17. The van der Waals surface area contributed by atoms with Crippen LogP contribution in [0.4, 0.5) is 35.9 Å². The van der Waals surface area contributed by atoms with Crippen LogP contribution in [0.25, 0.3) is 106 Å². The molecule has 143 heavy (non-hydrogen) atoms. The third kappa shape index (κ3) is 21.7. The average molecular weight is 1940 g/mol. The van der Waals surface area contributed by atoms with Crippen molar-refractivity contribution < 1.29 is 36.2 Å². The second kappa shape index (κ2) is 42.1. The summed E-state index contributed by atoms with van der Waals surface area (Å²) < 4.78 is 76.7. The fraction of sp³-hybridized carbons (Fsp3) is 0.333. The van der Waals surface area contributed by atoms with E-state index in [9.17, 15) is 37.1 Å². The van der Waals surface area contributed by atoms with Crippen LogP contribution in [0.2, 0.25) is 0 Å². The number of nitrogens with two attached hydrogens (primary N) is 1. The van der Waals surface area contributed by atoms with E-state index in [4.69, 9.17) is 28.8 Å². The van der Waals surface area contributed by atoms with Crippen LogP contribution in [0.1, 0.15) is 92.3 Å². The molecule has 5 aliphatic rings. The van der Waals surface area contributed by atoms with E-state index in [0.717, 1.165) is 212 Å². The van der Waals surface area contributed by atoms with Gasteiger partial charge in [0, 0.05) is 193 Å². The van der Waals surface area contributed by atoms with E-state index in [2.05, 4.69) is 137 Å². The van der Waals surface area contributed by atoms with Gasteiger partial charge >= 0.3 is 0 Å². The molecule has 2 atom stereocenters. The van der Waals surface area contributed by atoms with E-state index in [1.165, 1.54) is 69.4 Å². The Hall–Kier alpha value is -14.8. The lowest BCUT2D eigenvalue weighted by atomic mass is 9.90. The summed E-state index contributed by atoms with van der Waals surface area (Å²) in [5, 5.41) is 3.42. The lowest BCUT2D eigenvalue weighted by molar-refractivity contribution is 0.234. The third-order valence-electron chi connectivity index (χ3n) is 28.1. The Morgan fingerprint density at radius 2 is 0.797 bits per heavy atom. The zero-order chi connectivity index (χ0) is 100. The van der Waals surface area contributed by atoms with Gasteiger partial charge in [0.1, 0.15) is 28.0 Å². The standard InChI is InChI=1S/C23H27FN4O2.C23H24N4O2.C22H24FN3O2.C22H22N4O2.C21H23FN4O2/c1-15-11-18(27-9-7-17(8-10-27)26(2)3)14-28-22(29)13-20(25-23(15)28)16-5-6-21(30-4)19(24)12-16;1-15-13-26(9-8-25(15)3)20-6-5-19-10-18(12-23(28)27(19)14-20)17-4-7-21-22(11-17)29-16(2)24-21;1-14-10-17(15-6-8-25(2)9-7-15)13-26-21(27)12-19(24-22(14)26)16-4-5-20(28-3)18(23)11-16;1-14-24-20-5-2-15(11-21(20)28-14)16-10-18-3-4-19(13-26(18)22(27)12-16)25-8-6-17(23)7-9-25;1-13-8-16(25-7-6-23-14(2)11-25)12-26-20(27)10-18(24-21(13)26)15-4-5-19(28-3)17(22)9-15/h5-6,11-14,17H,7-10H2,1-4H3;4-7,10-12,14-15H,8-9,13H2,1-3H3;4-5,10-13,15H,6-9H2,1-3H3;2-5,10-13,17H,6-9,23H2,1H3;4-5,8-10,12,14,23H,6-7,11H2,1-3H3/t;15-;;;14-/m.0..0/s1. The maximum atomic E-state index is 14.1. The number of anilines is 4. The minimum Gasteiger partial charge on any atom is -0.494 e. The van der Waals surface area contributed by atoms with E-state index in [1.807, 2.05) is 126 Å². The quantitative estimate of drug-likeness (QED) is 0.102. The molecule has 0 aliphatic carbocycles. The maximum absolute atomic E-state index is 14.1. The lowest BCUT2D eigenvalue weighted by Crippen LogP contribution is -2.50. The van der Waals surface area contributed by atoms with Gasteiger partial charge in [0.25, 0.3) is 27.8 Å². The van der Waals surface area contributed by atoms with Crippen LogP contribution in [0.5, 0.6) is 17.2 Å². The number of hydrogen-bond donors (Lipinski definition) is 2. The van der Waals surface area contributed by atoms with Crippen molar-refractivity contribution >= 4 is 72.9 Å². The van der Waals surface area contributed by atoms with Crippen molar-refractivity contribution in [3.05, 3.63) is 310 Å². The number of rotatable bonds is 14. The summed E-state index contributed by atoms with van der Waals surface area (Å²) in [4.78, 5) is 103. The Balaban J connectivity index is 0.000000118. The van der Waals surface area contributed by atoms with Gasteiger partial charge in [-0.05, 0) is 292 Å². The first kappa shape index (κ1) is 98.4. The highest BCUT2D eigenvalue weighted by molar-refractivity contribution is 5.83. The summed E-state index contributed by atoms with van der Waals surface area (Å²) >= 11 is 0. The maximum Gasteiger partial charge on any atom is 0.258 e. The predicted octanol–water partition coefficient (Wildman–Crippen LogP) is 16.5. The van der Waals surface area contributed by atoms with Crippen molar-refractivity contribution in [3.63, 3.8) is 0 Å². The van der Waals surface area contributed by atoms with E-state index in [0.29, 0.717) is 86.5 Å². The third-order valence-corrected chi connectivity index (χ3v) is 28.1. The molecule has 22 rings (SSSR count). The summed E-state index contributed by atoms with van der Waals surface area (Å²) in [6.45, 7) is 25.5. The summed E-state index contributed by atoms with van der Waals surface area (Å²) in [5.74, 6) is 0.783. The van der Waals surface area contributed by atoms with E-state index in [-0.39, 0.29) is 51.1 Å². The molecule has 5 aliphatic heterocycles. The number of methoxy groups -OCH3 is 3. The zero-order valence-electron chi connectivity index (χ0n) is 83.1. The van der Waals surface area contributed by atoms with Crippen LogP contribution in [0.15, 0.2) is 240 Å². The molecule has 5 fully saturated rings. The topological polar surface area (TPSA) is 287 Å². The van der Waals surface area contributed by atoms with Crippen molar-refractivity contribution in [3.8, 4) is 73.3 Å². The average Bonchev–Trinajstić information content (AvgIpc) is 1.74. The van der Waals surface area contributed by atoms with Crippen LogP contribution in [0, 0.1) is 52.1 Å². The van der Waals surface area contributed by atoms with Gasteiger partial charge < -0.3 is 68.4 Å². The van der Waals surface area contributed by atoms with Gasteiger partial charge in [0.15, 0.2) is 57.6 Å². The number of ether oxygens (including phenoxy) is 3. The molecule has 5 saturated heterocycles. The monoisotopic (exact) mass is 1940 g/mol. The molecule has 0 spiro atoms. The van der Waals surface area contributed by atoms with Gasteiger partial charge in [-0.2, -0.15) is 0 Å². The van der Waals surface area contributed by atoms with E-state index in [1.54, 1.807) is 64.5 Å². The van der Waals surface area contributed by atoms with Crippen molar-refractivity contribution in [1.82, 2.24) is 66.9 Å². The molecule has 17 heterocycles. The Morgan fingerprint density at radius 1 is 0.392 bits per heavy atom. The van der Waals surface area contributed by atoms with Gasteiger partial charge in [-0.25, -0.2) is 38.1 Å².